The molecule has 0 fully saturated rings. The molecule has 0 bridgehead atoms. The minimum absolute atomic E-state index is 0.0990. The molecule has 1 aromatic rings. The Morgan fingerprint density at radius 2 is 1.84 bits per heavy atom. The van der Waals surface area contributed by atoms with Crippen molar-refractivity contribution in [2.75, 3.05) is 6.61 Å². The standard InChI is InChI=1S/C14H20F3NO/c1-3-7-12(19-4-2)13(18)10-8-5-6-9-11(10)14(15,16)17/h5-6,8-9,12-13H,3-4,7,18H2,1-2H3. The Balaban J connectivity index is 3.06. The van der Waals surface area contributed by atoms with E-state index in [0.717, 1.165) is 12.5 Å². The summed E-state index contributed by atoms with van der Waals surface area (Å²) in [5.41, 5.74) is 5.41. The van der Waals surface area contributed by atoms with E-state index in [0.29, 0.717) is 13.0 Å². The number of benzene rings is 1. The van der Waals surface area contributed by atoms with Crippen molar-refractivity contribution in [1.82, 2.24) is 0 Å². The summed E-state index contributed by atoms with van der Waals surface area (Å²) in [6.07, 6.45) is -3.33. The number of rotatable bonds is 6. The van der Waals surface area contributed by atoms with Gasteiger partial charge in [-0.1, -0.05) is 31.5 Å². The van der Waals surface area contributed by atoms with Crippen molar-refractivity contribution in [2.45, 2.75) is 45.0 Å². The van der Waals surface area contributed by atoms with Crippen LogP contribution in [0.2, 0.25) is 0 Å². The molecule has 108 valence electrons. The number of hydrogen-bond acceptors (Lipinski definition) is 2. The van der Waals surface area contributed by atoms with Crippen molar-refractivity contribution >= 4 is 0 Å². The summed E-state index contributed by atoms with van der Waals surface area (Å²) < 4.78 is 44.3. The maximum atomic E-state index is 12.9. The zero-order chi connectivity index (χ0) is 14.5. The lowest BCUT2D eigenvalue weighted by atomic mass is 9.94. The van der Waals surface area contributed by atoms with E-state index in [4.69, 9.17) is 10.5 Å². The largest absolute Gasteiger partial charge is 0.416 e. The van der Waals surface area contributed by atoms with Crippen LogP contribution in [-0.4, -0.2) is 12.7 Å². The van der Waals surface area contributed by atoms with Crippen LogP contribution in [0.4, 0.5) is 13.2 Å². The highest BCUT2D eigenvalue weighted by Crippen LogP contribution is 2.35. The predicted octanol–water partition coefficient (Wildman–Crippen LogP) is 3.91. The summed E-state index contributed by atoms with van der Waals surface area (Å²) >= 11 is 0. The van der Waals surface area contributed by atoms with Crippen LogP contribution >= 0.6 is 0 Å². The van der Waals surface area contributed by atoms with E-state index in [9.17, 15) is 13.2 Å². The second-order valence-electron chi connectivity index (χ2n) is 4.39. The van der Waals surface area contributed by atoms with E-state index in [-0.39, 0.29) is 5.56 Å². The fourth-order valence-electron chi connectivity index (χ4n) is 2.11. The molecule has 0 saturated heterocycles. The molecule has 0 heterocycles. The van der Waals surface area contributed by atoms with Crippen LogP contribution in [-0.2, 0) is 10.9 Å². The monoisotopic (exact) mass is 275 g/mol. The molecule has 0 aliphatic heterocycles. The van der Waals surface area contributed by atoms with Gasteiger partial charge in [-0.25, -0.2) is 0 Å². The lowest BCUT2D eigenvalue weighted by molar-refractivity contribution is -0.138. The molecule has 1 rings (SSSR count). The van der Waals surface area contributed by atoms with Gasteiger partial charge in [0.25, 0.3) is 0 Å². The zero-order valence-corrected chi connectivity index (χ0v) is 11.2. The maximum Gasteiger partial charge on any atom is 0.416 e. The van der Waals surface area contributed by atoms with Crippen LogP contribution in [0.25, 0.3) is 0 Å². The van der Waals surface area contributed by atoms with Gasteiger partial charge in [-0.15, -0.1) is 0 Å². The molecular weight excluding hydrogens is 255 g/mol. The number of hydrogen-bond donors (Lipinski definition) is 1. The number of halogens is 3. The lowest BCUT2D eigenvalue weighted by Gasteiger charge is -2.26. The Labute approximate surface area is 111 Å². The fourth-order valence-corrected chi connectivity index (χ4v) is 2.11. The Kier molecular flexibility index (Phi) is 5.82. The van der Waals surface area contributed by atoms with E-state index < -0.39 is 23.9 Å². The highest BCUT2D eigenvalue weighted by Gasteiger charge is 2.35. The first kappa shape index (κ1) is 16.0. The third-order valence-electron chi connectivity index (χ3n) is 2.98. The molecule has 0 saturated carbocycles. The normalized spacial score (nSPS) is 15.3. The van der Waals surface area contributed by atoms with Gasteiger partial charge in [0.15, 0.2) is 0 Å². The van der Waals surface area contributed by atoms with E-state index in [2.05, 4.69) is 0 Å². The molecule has 0 aromatic heterocycles. The Morgan fingerprint density at radius 1 is 1.21 bits per heavy atom. The van der Waals surface area contributed by atoms with Crippen molar-refractivity contribution in [3.05, 3.63) is 35.4 Å². The van der Waals surface area contributed by atoms with E-state index >= 15 is 0 Å². The van der Waals surface area contributed by atoms with E-state index in [1.165, 1.54) is 12.1 Å². The lowest BCUT2D eigenvalue weighted by Crippen LogP contribution is -2.31. The molecule has 1 aromatic carbocycles. The Morgan fingerprint density at radius 3 is 2.37 bits per heavy atom. The minimum atomic E-state index is -4.39. The second-order valence-corrected chi connectivity index (χ2v) is 4.39. The van der Waals surface area contributed by atoms with Crippen molar-refractivity contribution in [2.24, 2.45) is 5.73 Å². The number of ether oxygens (including phenoxy) is 1. The molecule has 0 spiro atoms. The third-order valence-corrected chi connectivity index (χ3v) is 2.98. The topological polar surface area (TPSA) is 35.2 Å². The van der Waals surface area contributed by atoms with Gasteiger partial charge in [0.05, 0.1) is 17.7 Å². The zero-order valence-electron chi connectivity index (χ0n) is 11.2. The molecule has 0 aliphatic rings. The number of nitrogens with two attached hydrogens (primary N) is 1. The molecule has 2 N–H and O–H groups in total. The van der Waals surface area contributed by atoms with E-state index in [1.807, 2.05) is 13.8 Å². The van der Waals surface area contributed by atoms with Crippen LogP contribution in [0.1, 0.15) is 43.9 Å². The van der Waals surface area contributed by atoms with Gasteiger partial charge >= 0.3 is 6.18 Å². The smallest absolute Gasteiger partial charge is 0.377 e. The summed E-state index contributed by atoms with van der Waals surface area (Å²) in [5, 5.41) is 0. The quantitative estimate of drug-likeness (QED) is 0.854. The van der Waals surface area contributed by atoms with Gasteiger partial charge in [0.1, 0.15) is 0 Å². The van der Waals surface area contributed by atoms with Gasteiger partial charge in [0, 0.05) is 6.61 Å². The van der Waals surface area contributed by atoms with Gasteiger partial charge in [-0.3, -0.25) is 0 Å². The van der Waals surface area contributed by atoms with Gasteiger partial charge in [-0.05, 0) is 25.0 Å². The fraction of sp³-hybridized carbons (Fsp3) is 0.571. The van der Waals surface area contributed by atoms with Gasteiger partial charge < -0.3 is 10.5 Å². The first-order valence-electron chi connectivity index (χ1n) is 6.45. The Bertz CT molecular complexity index is 387. The van der Waals surface area contributed by atoms with E-state index in [1.54, 1.807) is 6.07 Å². The van der Waals surface area contributed by atoms with Crippen molar-refractivity contribution in [3.63, 3.8) is 0 Å². The second kappa shape index (κ2) is 6.91. The van der Waals surface area contributed by atoms with Gasteiger partial charge in [0.2, 0.25) is 0 Å². The molecule has 2 atom stereocenters. The van der Waals surface area contributed by atoms with Crippen LogP contribution in [0.5, 0.6) is 0 Å². The van der Waals surface area contributed by atoms with Crippen LogP contribution < -0.4 is 5.73 Å². The van der Waals surface area contributed by atoms with Crippen molar-refractivity contribution in [1.29, 1.82) is 0 Å². The summed E-state index contributed by atoms with van der Waals surface area (Å²) in [6.45, 7) is 4.20. The molecule has 0 aliphatic carbocycles. The SMILES string of the molecule is CCCC(OCC)C(N)c1ccccc1C(F)(F)F. The van der Waals surface area contributed by atoms with Crippen molar-refractivity contribution < 1.29 is 17.9 Å². The maximum absolute atomic E-state index is 12.9. The van der Waals surface area contributed by atoms with Crippen LogP contribution in [0, 0.1) is 0 Å². The average molecular weight is 275 g/mol. The first-order valence-corrected chi connectivity index (χ1v) is 6.45. The molecular formula is C14H20F3NO. The van der Waals surface area contributed by atoms with Crippen molar-refractivity contribution in [3.8, 4) is 0 Å². The minimum Gasteiger partial charge on any atom is -0.377 e. The average Bonchev–Trinajstić information content (AvgIpc) is 2.37. The first-order chi connectivity index (χ1) is 8.91. The molecule has 0 amide bonds. The summed E-state index contributed by atoms with van der Waals surface area (Å²) in [7, 11) is 0. The highest BCUT2D eigenvalue weighted by molar-refractivity contribution is 5.32. The molecule has 0 radical (unpaired) electrons. The highest BCUT2D eigenvalue weighted by atomic mass is 19.4. The Hall–Kier alpha value is -1.07. The van der Waals surface area contributed by atoms with Gasteiger partial charge in [-0.2, -0.15) is 13.2 Å². The van der Waals surface area contributed by atoms with Crippen LogP contribution in [0.3, 0.4) is 0 Å². The predicted molar refractivity (Wildman–Crippen MR) is 68.7 cm³/mol. The summed E-state index contributed by atoms with van der Waals surface area (Å²) in [4.78, 5) is 0. The summed E-state index contributed by atoms with van der Waals surface area (Å²) in [6, 6.07) is 4.66. The molecule has 2 unspecified atom stereocenters. The molecule has 19 heavy (non-hydrogen) atoms. The van der Waals surface area contributed by atoms with Crippen LogP contribution in [0.15, 0.2) is 24.3 Å². The number of alkyl halides is 3. The molecule has 5 heteroatoms. The third kappa shape index (κ3) is 4.21. The molecule has 2 nitrogen and oxygen atoms in total. The summed E-state index contributed by atoms with van der Waals surface area (Å²) in [5.74, 6) is 0.